The van der Waals surface area contributed by atoms with Crippen molar-refractivity contribution in [1.82, 2.24) is 20.1 Å². The molecule has 6 nitrogen and oxygen atoms in total. The Bertz CT molecular complexity index is 788. The SMILES string of the molecule is CC(C)[C@H](C)NC(=O)CSc1nnc(N2CCCC2)n1-c1cccc(Cl)c1. The number of halogens is 1. The Morgan fingerprint density at radius 2 is 2.00 bits per heavy atom. The predicted molar refractivity (Wildman–Crippen MR) is 111 cm³/mol. The Labute approximate surface area is 169 Å². The number of carbonyl (C=O) groups is 1. The molecule has 8 heteroatoms. The second kappa shape index (κ2) is 8.97. The van der Waals surface area contributed by atoms with Crippen molar-refractivity contribution in [3.63, 3.8) is 0 Å². The van der Waals surface area contributed by atoms with Gasteiger partial charge in [0.1, 0.15) is 0 Å². The fourth-order valence-electron chi connectivity index (χ4n) is 2.91. The van der Waals surface area contributed by atoms with E-state index in [1.807, 2.05) is 35.8 Å². The summed E-state index contributed by atoms with van der Waals surface area (Å²) in [7, 11) is 0. The average Bonchev–Trinajstić information content (AvgIpc) is 3.29. The molecule has 1 fully saturated rings. The molecule has 0 bridgehead atoms. The molecule has 0 saturated carbocycles. The molecule has 146 valence electrons. The van der Waals surface area contributed by atoms with Gasteiger partial charge in [0.2, 0.25) is 11.9 Å². The van der Waals surface area contributed by atoms with Crippen LogP contribution in [0.1, 0.15) is 33.6 Å². The largest absolute Gasteiger partial charge is 0.353 e. The van der Waals surface area contributed by atoms with E-state index in [0.717, 1.165) is 37.6 Å². The Morgan fingerprint density at radius 3 is 2.67 bits per heavy atom. The predicted octanol–water partition coefficient (Wildman–Crippen LogP) is 3.77. The molecule has 27 heavy (non-hydrogen) atoms. The van der Waals surface area contributed by atoms with Gasteiger partial charge in [-0.15, -0.1) is 10.2 Å². The van der Waals surface area contributed by atoms with Gasteiger partial charge < -0.3 is 10.2 Å². The fraction of sp³-hybridized carbons (Fsp3) is 0.526. The third kappa shape index (κ3) is 4.96. The molecule has 1 amide bonds. The molecular weight excluding hydrogens is 382 g/mol. The first-order valence-electron chi connectivity index (χ1n) is 9.34. The summed E-state index contributed by atoms with van der Waals surface area (Å²) in [5, 5.41) is 13.2. The Morgan fingerprint density at radius 1 is 1.26 bits per heavy atom. The molecule has 1 aliphatic heterocycles. The minimum absolute atomic E-state index is 0.00423. The number of hydrogen-bond acceptors (Lipinski definition) is 5. The lowest BCUT2D eigenvalue weighted by Crippen LogP contribution is -2.37. The lowest BCUT2D eigenvalue weighted by Gasteiger charge is -2.19. The van der Waals surface area contributed by atoms with Crippen molar-refractivity contribution in [3.05, 3.63) is 29.3 Å². The van der Waals surface area contributed by atoms with Gasteiger partial charge in [-0.25, -0.2) is 0 Å². The molecular formula is C19H26ClN5OS. The third-order valence-corrected chi connectivity index (χ3v) is 5.96. The Hall–Kier alpha value is -1.73. The van der Waals surface area contributed by atoms with Crippen LogP contribution in [-0.4, -0.2) is 45.6 Å². The summed E-state index contributed by atoms with van der Waals surface area (Å²) in [6.45, 7) is 8.14. The van der Waals surface area contributed by atoms with Gasteiger partial charge in [0.25, 0.3) is 0 Å². The molecule has 2 heterocycles. The van der Waals surface area contributed by atoms with Crippen LogP contribution in [0.4, 0.5) is 5.95 Å². The van der Waals surface area contributed by atoms with Crippen LogP contribution >= 0.6 is 23.4 Å². The van der Waals surface area contributed by atoms with Crippen LogP contribution < -0.4 is 10.2 Å². The van der Waals surface area contributed by atoms with Gasteiger partial charge in [-0.3, -0.25) is 9.36 Å². The maximum absolute atomic E-state index is 12.3. The van der Waals surface area contributed by atoms with E-state index >= 15 is 0 Å². The van der Waals surface area contributed by atoms with Gasteiger partial charge in [-0.05, 0) is 43.9 Å². The van der Waals surface area contributed by atoms with Crippen LogP contribution in [0.5, 0.6) is 0 Å². The van der Waals surface area contributed by atoms with E-state index in [-0.39, 0.29) is 11.9 Å². The maximum atomic E-state index is 12.3. The topological polar surface area (TPSA) is 63.1 Å². The number of amides is 1. The fourth-order valence-corrected chi connectivity index (χ4v) is 3.85. The number of carbonyl (C=O) groups excluding carboxylic acids is 1. The van der Waals surface area contributed by atoms with Crippen LogP contribution in [0, 0.1) is 5.92 Å². The molecule has 1 saturated heterocycles. The van der Waals surface area contributed by atoms with Gasteiger partial charge in [0.05, 0.1) is 11.4 Å². The number of thioether (sulfide) groups is 1. The number of anilines is 1. The van der Waals surface area contributed by atoms with Crippen molar-refractivity contribution in [1.29, 1.82) is 0 Å². The van der Waals surface area contributed by atoms with Crippen LogP contribution in [0.15, 0.2) is 29.4 Å². The van der Waals surface area contributed by atoms with E-state index in [4.69, 9.17) is 11.6 Å². The monoisotopic (exact) mass is 407 g/mol. The highest BCUT2D eigenvalue weighted by Gasteiger charge is 2.23. The molecule has 1 aromatic heterocycles. The number of aromatic nitrogens is 3. The highest BCUT2D eigenvalue weighted by atomic mass is 35.5. The van der Waals surface area contributed by atoms with Crippen molar-refractivity contribution in [2.75, 3.05) is 23.7 Å². The van der Waals surface area contributed by atoms with Crippen molar-refractivity contribution >= 4 is 35.2 Å². The zero-order valence-corrected chi connectivity index (χ0v) is 17.6. The van der Waals surface area contributed by atoms with Crippen LogP contribution in [0.25, 0.3) is 5.69 Å². The second-order valence-corrected chi connectivity index (χ2v) is 8.56. The molecule has 0 radical (unpaired) electrons. The van der Waals surface area contributed by atoms with E-state index < -0.39 is 0 Å². The highest BCUT2D eigenvalue weighted by molar-refractivity contribution is 7.99. The van der Waals surface area contributed by atoms with Gasteiger partial charge in [-0.2, -0.15) is 0 Å². The Balaban J connectivity index is 1.81. The first kappa shape index (κ1) is 20.0. The summed E-state index contributed by atoms with van der Waals surface area (Å²) < 4.78 is 2.00. The van der Waals surface area contributed by atoms with E-state index in [9.17, 15) is 4.79 Å². The summed E-state index contributed by atoms with van der Waals surface area (Å²) in [4.78, 5) is 14.5. The maximum Gasteiger partial charge on any atom is 0.232 e. The molecule has 1 atom stereocenters. The molecule has 0 unspecified atom stereocenters. The standard InChI is InChI=1S/C19H26ClN5OS/c1-13(2)14(3)21-17(26)12-27-19-23-22-18(24-9-4-5-10-24)25(19)16-8-6-7-15(20)11-16/h6-8,11,13-14H,4-5,9-10,12H2,1-3H3,(H,21,26)/t14-/m0/s1. The van der Waals surface area contributed by atoms with E-state index in [2.05, 4.69) is 34.3 Å². The van der Waals surface area contributed by atoms with Crippen molar-refractivity contribution in [3.8, 4) is 5.69 Å². The number of rotatable bonds is 7. The zero-order valence-electron chi connectivity index (χ0n) is 16.0. The van der Waals surface area contributed by atoms with Crippen LogP contribution in [0.3, 0.4) is 0 Å². The van der Waals surface area contributed by atoms with E-state index in [0.29, 0.717) is 21.8 Å². The summed E-state index contributed by atoms with van der Waals surface area (Å²) in [6.07, 6.45) is 2.31. The normalized spacial score (nSPS) is 15.4. The van der Waals surface area contributed by atoms with Gasteiger partial charge in [0, 0.05) is 24.2 Å². The lowest BCUT2D eigenvalue weighted by atomic mass is 10.1. The molecule has 0 aliphatic carbocycles. The third-order valence-electron chi connectivity index (χ3n) is 4.79. The highest BCUT2D eigenvalue weighted by Crippen LogP contribution is 2.29. The van der Waals surface area contributed by atoms with E-state index in [1.54, 1.807) is 0 Å². The molecule has 1 aliphatic rings. The van der Waals surface area contributed by atoms with Crippen molar-refractivity contribution < 1.29 is 4.79 Å². The summed E-state index contributed by atoms with van der Waals surface area (Å²) in [5.74, 6) is 1.52. The minimum atomic E-state index is 0.00423. The zero-order chi connectivity index (χ0) is 19.4. The number of hydrogen-bond donors (Lipinski definition) is 1. The average molecular weight is 408 g/mol. The van der Waals surface area contributed by atoms with Crippen molar-refractivity contribution in [2.24, 2.45) is 5.92 Å². The van der Waals surface area contributed by atoms with E-state index in [1.165, 1.54) is 11.8 Å². The number of nitrogens with one attached hydrogen (secondary N) is 1. The first-order chi connectivity index (χ1) is 13.0. The quantitative estimate of drug-likeness (QED) is 0.708. The molecule has 1 N–H and O–H groups in total. The van der Waals surface area contributed by atoms with Gasteiger partial charge in [0.15, 0.2) is 5.16 Å². The van der Waals surface area contributed by atoms with Gasteiger partial charge >= 0.3 is 0 Å². The molecule has 3 rings (SSSR count). The minimum Gasteiger partial charge on any atom is -0.353 e. The van der Waals surface area contributed by atoms with Gasteiger partial charge in [-0.1, -0.05) is 43.3 Å². The number of nitrogens with zero attached hydrogens (tertiary/aromatic N) is 4. The lowest BCUT2D eigenvalue weighted by molar-refractivity contribution is -0.119. The van der Waals surface area contributed by atoms with Crippen LogP contribution in [-0.2, 0) is 4.79 Å². The first-order valence-corrected chi connectivity index (χ1v) is 10.7. The van der Waals surface area contributed by atoms with Crippen molar-refractivity contribution in [2.45, 2.75) is 44.8 Å². The molecule has 1 aromatic carbocycles. The second-order valence-electron chi connectivity index (χ2n) is 7.18. The number of benzene rings is 1. The van der Waals surface area contributed by atoms with Crippen LogP contribution in [0.2, 0.25) is 5.02 Å². The summed E-state index contributed by atoms with van der Waals surface area (Å²) >= 11 is 7.60. The Kier molecular flexibility index (Phi) is 6.65. The smallest absolute Gasteiger partial charge is 0.232 e. The summed E-state index contributed by atoms with van der Waals surface area (Å²) in [5.41, 5.74) is 0.910. The molecule has 0 spiro atoms. The molecule has 2 aromatic rings. The summed E-state index contributed by atoms with van der Waals surface area (Å²) in [6, 6.07) is 7.79.